The molecule has 0 unspecified atom stereocenters. The van der Waals surface area contributed by atoms with Crippen molar-refractivity contribution in [3.8, 4) is 0 Å². The van der Waals surface area contributed by atoms with Crippen LogP contribution < -0.4 is 10.6 Å². The highest BCUT2D eigenvalue weighted by molar-refractivity contribution is 5.94. The van der Waals surface area contributed by atoms with E-state index in [1.165, 1.54) is 0 Å². The van der Waals surface area contributed by atoms with Crippen molar-refractivity contribution in [3.05, 3.63) is 35.3 Å². The molecule has 0 aliphatic carbocycles. The normalized spacial score (nSPS) is 11.0. The van der Waals surface area contributed by atoms with E-state index in [0.717, 1.165) is 62.6 Å². The number of carboxylic acid groups (broad SMARTS) is 1. The number of hydrogen-bond donors (Lipinski definition) is 3. The van der Waals surface area contributed by atoms with Gasteiger partial charge in [0.1, 0.15) is 11.3 Å². The third kappa shape index (κ3) is 9.24. The largest absolute Gasteiger partial charge is 0.481 e. The summed E-state index contributed by atoms with van der Waals surface area (Å²) in [5, 5.41) is 14.4. The zero-order valence-electron chi connectivity index (χ0n) is 20.0. The molecule has 2 aromatic rings. The van der Waals surface area contributed by atoms with Crippen LogP contribution in [0.4, 0.5) is 0 Å². The lowest BCUT2D eigenvalue weighted by molar-refractivity contribution is -0.137. The summed E-state index contributed by atoms with van der Waals surface area (Å²) in [6, 6.07) is 3.87. The topological polar surface area (TPSA) is 113 Å². The Hall–Kier alpha value is -2.90. The summed E-state index contributed by atoms with van der Waals surface area (Å²) in [7, 11) is 0. The second-order valence-electron chi connectivity index (χ2n) is 8.61. The van der Waals surface area contributed by atoms with Gasteiger partial charge in [0.25, 0.3) is 5.91 Å². The first-order chi connectivity index (χ1) is 15.9. The van der Waals surface area contributed by atoms with E-state index in [4.69, 9.17) is 5.11 Å². The van der Waals surface area contributed by atoms with Crippen molar-refractivity contribution in [2.45, 2.75) is 84.5 Å². The van der Waals surface area contributed by atoms with Crippen molar-refractivity contribution in [1.29, 1.82) is 0 Å². The van der Waals surface area contributed by atoms with Gasteiger partial charge in [-0.25, -0.2) is 4.98 Å². The molecule has 0 aliphatic heterocycles. The van der Waals surface area contributed by atoms with E-state index in [0.29, 0.717) is 37.3 Å². The van der Waals surface area contributed by atoms with Gasteiger partial charge < -0.3 is 15.7 Å². The summed E-state index contributed by atoms with van der Waals surface area (Å²) < 4.78 is 1.81. The van der Waals surface area contributed by atoms with E-state index in [-0.39, 0.29) is 18.2 Å². The van der Waals surface area contributed by atoms with Crippen LogP contribution in [0.5, 0.6) is 0 Å². The maximum absolute atomic E-state index is 12.6. The van der Waals surface area contributed by atoms with Gasteiger partial charge in [-0.3, -0.25) is 18.8 Å². The van der Waals surface area contributed by atoms with Crippen LogP contribution in [0.25, 0.3) is 5.65 Å². The highest BCUT2D eigenvalue weighted by Gasteiger charge is 2.17. The van der Waals surface area contributed by atoms with Gasteiger partial charge in [-0.05, 0) is 44.7 Å². The standard InChI is InChI=1S/C25H38N4O4/c1-19-13-12-18-29-23(20(2)28-24(19)29)25(33)27-17-11-14-21(30)26-16-10-8-6-4-3-5-7-9-15-22(31)32/h12-13,18H,3-11,14-17H2,1-2H3,(H,26,30)(H,27,33)(H,31,32). The van der Waals surface area contributed by atoms with E-state index < -0.39 is 5.97 Å². The second kappa shape index (κ2) is 14.3. The van der Waals surface area contributed by atoms with E-state index in [9.17, 15) is 14.4 Å². The minimum absolute atomic E-state index is 0.0179. The lowest BCUT2D eigenvalue weighted by Crippen LogP contribution is -2.29. The van der Waals surface area contributed by atoms with Gasteiger partial charge in [0.15, 0.2) is 0 Å². The molecule has 2 aromatic heterocycles. The number of unbranched alkanes of at least 4 members (excludes halogenated alkanes) is 7. The Balaban J connectivity index is 1.50. The van der Waals surface area contributed by atoms with Gasteiger partial charge >= 0.3 is 5.97 Å². The van der Waals surface area contributed by atoms with Crippen LogP contribution in [0.3, 0.4) is 0 Å². The van der Waals surface area contributed by atoms with Gasteiger partial charge in [-0.15, -0.1) is 0 Å². The SMILES string of the molecule is Cc1nc2c(C)cccn2c1C(=O)NCCCC(=O)NCCCCCCCCCCC(=O)O. The summed E-state index contributed by atoms with van der Waals surface area (Å²) in [6.07, 6.45) is 11.4. The quantitative estimate of drug-likeness (QED) is 0.327. The number of imidazole rings is 1. The first kappa shape index (κ1) is 26.4. The van der Waals surface area contributed by atoms with Gasteiger partial charge in [0.05, 0.1) is 5.69 Å². The van der Waals surface area contributed by atoms with Crippen molar-refractivity contribution in [1.82, 2.24) is 20.0 Å². The minimum atomic E-state index is -0.713. The molecule has 0 spiro atoms. The molecule has 8 heteroatoms. The Morgan fingerprint density at radius 3 is 2.21 bits per heavy atom. The molecule has 0 bridgehead atoms. The van der Waals surface area contributed by atoms with Crippen molar-refractivity contribution in [2.24, 2.45) is 0 Å². The molecule has 8 nitrogen and oxygen atoms in total. The zero-order chi connectivity index (χ0) is 24.1. The zero-order valence-corrected chi connectivity index (χ0v) is 20.0. The molecule has 0 radical (unpaired) electrons. The third-order valence-corrected chi connectivity index (χ3v) is 5.74. The molecule has 182 valence electrons. The van der Waals surface area contributed by atoms with Crippen LogP contribution in [0, 0.1) is 13.8 Å². The molecule has 2 heterocycles. The number of hydrogen-bond acceptors (Lipinski definition) is 4. The summed E-state index contributed by atoms with van der Waals surface area (Å²) in [6.45, 7) is 4.92. The number of amides is 2. The molecule has 3 N–H and O–H groups in total. The first-order valence-electron chi connectivity index (χ1n) is 12.1. The molecule has 2 rings (SSSR count). The number of fused-ring (bicyclic) bond motifs is 1. The number of pyridine rings is 1. The Morgan fingerprint density at radius 2 is 1.52 bits per heavy atom. The molecule has 33 heavy (non-hydrogen) atoms. The monoisotopic (exact) mass is 458 g/mol. The molecule has 0 aromatic carbocycles. The number of nitrogens with zero attached hydrogens (tertiary/aromatic N) is 2. The first-order valence-corrected chi connectivity index (χ1v) is 12.1. The molecule has 0 saturated carbocycles. The molecular weight excluding hydrogens is 420 g/mol. The number of nitrogens with one attached hydrogen (secondary N) is 2. The smallest absolute Gasteiger partial charge is 0.303 e. The number of aliphatic carboxylic acids is 1. The number of aryl methyl sites for hydroxylation is 2. The Labute approximate surface area is 196 Å². The van der Waals surface area contributed by atoms with Gasteiger partial charge in [0.2, 0.25) is 5.91 Å². The van der Waals surface area contributed by atoms with Crippen LogP contribution >= 0.6 is 0 Å². The summed E-state index contributed by atoms with van der Waals surface area (Å²) in [5.41, 5.74) is 3.04. The van der Waals surface area contributed by atoms with Crippen LogP contribution in [-0.4, -0.2) is 45.4 Å². The Kier molecular flexibility index (Phi) is 11.4. The molecule has 0 fully saturated rings. The second-order valence-corrected chi connectivity index (χ2v) is 8.61. The number of carbonyl (C=O) groups excluding carboxylic acids is 2. The maximum atomic E-state index is 12.6. The summed E-state index contributed by atoms with van der Waals surface area (Å²) in [4.78, 5) is 39.5. The van der Waals surface area contributed by atoms with E-state index in [2.05, 4.69) is 15.6 Å². The van der Waals surface area contributed by atoms with Gasteiger partial charge in [0, 0.05) is 32.1 Å². The maximum Gasteiger partial charge on any atom is 0.303 e. The highest BCUT2D eigenvalue weighted by Crippen LogP contribution is 2.15. The van der Waals surface area contributed by atoms with Crippen molar-refractivity contribution < 1.29 is 19.5 Å². The minimum Gasteiger partial charge on any atom is -0.481 e. The van der Waals surface area contributed by atoms with Crippen LogP contribution in [0.2, 0.25) is 0 Å². The fraction of sp³-hybridized carbons (Fsp3) is 0.600. The Morgan fingerprint density at radius 1 is 0.879 bits per heavy atom. The Bertz CT molecular complexity index is 923. The predicted molar refractivity (Wildman–Crippen MR) is 128 cm³/mol. The molecular formula is C25H38N4O4. The number of rotatable bonds is 16. The third-order valence-electron chi connectivity index (χ3n) is 5.74. The molecule has 0 atom stereocenters. The van der Waals surface area contributed by atoms with E-state index in [1.807, 2.05) is 36.6 Å². The highest BCUT2D eigenvalue weighted by atomic mass is 16.4. The van der Waals surface area contributed by atoms with Crippen molar-refractivity contribution in [3.63, 3.8) is 0 Å². The lowest BCUT2D eigenvalue weighted by atomic mass is 10.1. The van der Waals surface area contributed by atoms with Crippen molar-refractivity contribution in [2.75, 3.05) is 13.1 Å². The lowest BCUT2D eigenvalue weighted by Gasteiger charge is -2.07. The molecule has 0 saturated heterocycles. The van der Waals surface area contributed by atoms with Crippen LogP contribution in [0.1, 0.15) is 92.4 Å². The van der Waals surface area contributed by atoms with Gasteiger partial charge in [-0.1, -0.05) is 44.6 Å². The van der Waals surface area contributed by atoms with Crippen LogP contribution in [0.15, 0.2) is 18.3 Å². The average molecular weight is 459 g/mol. The fourth-order valence-corrected chi connectivity index (χ4v) is 3.90. The average Bonchev–Trinajstić information content (AvgIpc) is 3.12. The number of aromatic nitrogens is 2. The van der Waals surface area contributed by atoms with Crippen LogP contribution in [-0.2, 0) is 9.59 Å². The van der Waals surface area contributed by atoms with E-state index >= 15 is 0 Å². The molecule has 0 aliphatic rings. The summed E-state index contributed by atoms with van der Waals surface area (Å²) >= 11 is 0. The number of carbonyl (C=O) groups is 3. The predicted octanol–water partition coefficient (Wildman–Crippen LogP) is 4.17. The molecule has 2 amide bonds. The van der Waals surface area contributed by atoms with Gasteiger partial charge in [-0.2, -0.15) is 0 Å². The van der Waals surface area contributed by atoms with E-state index in [1.54, 1.807) is 0 Å². The fourth-order valence-electron chi connectivity index (χ4n) is 3.90. The number of carboxylic acids is 1. The summed E-state index contributed by atoms with van der Waals surface area (Å²) in [5.74, 6) is -0.868. The van der Waals surface area contributed by atoms with Crippen molar-refractivity contribution >= 4 is 23.4 Å².